The minimum Gasteiger partial charge on any atom is -0.359 e. The number of hydrogen-bond acceptors (Lipinski definition) is 2. The van der Waals surface area contributed by atoms with E-state index >= 15 is 0 Å². The van der Waals surface area contributed by atoms with Crippen LogP contribution in [0.15, 0.2) is 0 Å². The summed E-state index contributed by atoms with van der Waals surface area (Å²) in [6, 6.07) is 0. The van der Waals surface area contributed by atoms with Gasteiger partial charge in [0, 0.05) is 6.54 Å². The molecular formula is C40H82N2O. The largest absolute Gasteiger partial charge is 0.359 e. The van der Waals surface area contributed by atoms with Gasteiger partial charge in [-0.25, -0.2) is 0 Å². The molecule has 3 nitrogen and oxygen atoms in total. The van der Waals surface area contributed by atoms with Crippen molar-refractivity contribution in [3.63, 3.8) is 0 Å². The number of carbonyl (C=O) groups is 1. The maximum absolute atomic E-state index is 10.6. The van der Waals surface area contributed by atoms with Crippen LogP contribution in [0.2, 0.25) is 0 Å². The Balaban J connectivity index is 3.60. The summed E-state index contributed by atoms with van der Waals surface area (Å²) >= 11 is 0. The highest BCUT2D eigenvalue weighted by molar-refractivity contribution is 5.45. The van der Waals surface area contributed by atoms with E-state index in [1.165, 1.54) is 219 Å². The zero-order valence-electron chi connectivity index (χ0n) is 30.1. The Kier molecular flexibility index (Phi) is 38.9. The van der Waals surface area contributed by atoms with E-state index in [0.29, 0.717) is 0 Å². The Labute approximate surface area is 272 Å². The van der Waals surface area contributed by atoms with Crippen LogP contribution in [0.25, 0.3) is 0 Å². The molecule has 0 aliphatic heterocycles. The molecule has 0 saturated heterocycles. The molecule has 0 radical (unpaired) electrons. The topological polar surface area (TPSA) is 32.3 Å². The molecule has 0 aliphatic carbocycles. The lowest BCUT2D eigenvalue weighted by Crippen LogP contribution is -2.29. The highest BCUT2D eigenvalue weighted by Gasteiger charge is 2.05. The molecule has 258 valence electrons. The molecule has 0 spiro atoms. The molecule has 0 aliphatic rings. The van der Waals surface area contributed by atoms with Gasteiger partial charge >= 0.3 is 0 Å². The van der Waals surface area contributed by atoms with Gasteiger partial charge in [0.25, 0.3) is 0 Å². The van der Waals surface area contributed by atoms with E-state index in [1.54, 1.807) is 0 Å². The number of carbonyl (C=O) groups excluding carboxylic acids is 1. The number of nitrogens with one attached hydrogen (secondary N) is 1. The minimum atomic E-state index is 0.817. The van der Waals surface area contributed by atoms with Crippen LogP contribution in [0.5, 0.6) is 0 Å². The van der Waals surface area contributed by atoms with Crippen LogP contribution in [0.1, 0.15) is 226 Å². The third kappa shape index (κ3) is 37.5. The zero-order chi connectivity index (χ0) is 31.2. The molecule has 0 rings (SSSR count). The van der Waals surface area contributed by atoms with Crippen molar-refractivity contribution in [2.24, 2.45) is 0 Å². The van der Waals surface area contributed by atoms with Crippen molar-refractivity contribution in [2.75, 3.05) is 26.2 Å². The molecule has 0 saturated carbocycles. The average molecular weight is 607 g/mol. The Bertz CT molecular complexity index is 461. The number of rotatable bonds is 39. The Hall–Kier alpha value is -0.570. The molecule has 0 aromatic rings. The molecule has 0 unspecified atom stereocenters. The van der Waals surface area contributed by atoms with Crippen LogP contribution in [-0.2, 0) is 4.79 Å². The molecule has 43 heavy (non-hydrogen) atoms. The predicted octanol–water partition coefficient (Wildman–Crippen LogP) is 12.9. The van der Waals surface area contributed by atoms with Gasteiger partial charge in [-0.3, -0.25) is 4.79 Å². The van der Waals surface area contributed by atoms with Crippen LogP contribution >= 0.6 is 0 Å². The Morgan fingerprint density at radius 1 is 0.349 bits per heavy atom. The van der Waals surface area contributed by atoms with E-state index in [2.05, 4.69) is 24.1 Å². The molecule has 3 heteroatoms. The summed E-state index contributed by atoms with van der Waals surface area (Å²) in [7, 11) is 0. The highest BCUT2D eigenvalue weighted by atomic mass is 16.1. The normalized spacial score (nSPS) is 11.5. The molecule has 1 amide bonds. The van der Waals surface area contributed by atoms with Gasteiger partial charge in [0.05, 0.1) is 0 Å². The van der Waals surface area contributed by atoms with Gasteiger partial charge in [-0.1, -0.05) is 206 Å². The standard InChI is InChI=1S/C40H82N2O/c1-3-5-7-9-11-13-15-17-19-21-23-25-27-29-31-33-37-42(39-35-36-41-40-43)38-34-32-30-28-26-24-22-20-18-16-14-12-10-8-6-4-2/h40H,3-39H2,1-2H3,(H,41,43). The monoisotopic (exact) mass is 607 g/mol. The van der Waals surface area contributed by atoms with Crippen molar-refractivity contribution >= 4 is 6.41 Å². The van der Waals surface area contributed by atoms with Crippen LogP contribution in [0.3, 0.4) is 0 Å². The Morgan fingerprint density at radius 3 is 0.837 bits per heavy atom. The van der Waals surface area contributed by atoms with Crippen LogP contribution in [-0.4, -0.2) is 37.5 Å². The second kappa shape index (κ2) is 39.5. The van der Waals surface area contributed by atoms with E-state index in [9.17, 15) is 4.79 Å². The molecule has 0 fully saturated rings. The molecule has 0 atom stereocenters. The lowest BCUT2D eigenvalue weighted by Gasteiger charge is -2.22. The lowest BCUT2D eigenvalue weighted by atomic mass is 10.0. The summed E-state index contributed by atoms with van der Waals surface area (Å²) in [5.41, 5.74) is 0. The van der Waals surface area contributed by atoms with Crippen molar-refractivity contribution < 1.29 is 4.79 Å². The molecule has 0 aromatic carbocycles. The molecule has 0 bridgehead atoms. The van der Waals surface area contributed by atoms with Gasteiger partial charge < -0.3 is 10.2 Å². The molecular weight excluding hydrogens is 524 g/mol. The maximum atomic E-state index is 10.6. The Morgan fingerprint density at radius 2 is 0.581 bits per heavy atom. The average Bonchev–Trinajstić information content (AvgIpc) is 3.02. The third-order valence-corrected chi connectivity index (χ3v) is 9.53. The molecule has 0 aromatic heterocycles. The van der Waals surface area contributed by atoms with E-state index < -0.39 is 0 Å². The predicted molar refractivity (Wildman–Crippen MR) is 194 cm³/mol. The summed E-state index contributed by atoms with van der Waals surface area (Å²) in [4.78, 5) is 13.3. The SMILES string of the molecule is CCCCCCCCCCCCCCCCCCN(CCCCCCCCCCCCCCCCCC)CCCNC=O. The molecule has 1 N–H and O–H groups in total. The summed E-state index contributed by atoms with van der Waals surface area (Å²) in [5, 5.41) is 2.84. The van der Waals surface area contributed by atoms with E-state index in [4.69, 9.17) is 0 Å². The number of unbranched alkanes of at least 4 members (excludes halogenated alkanes) is 30. The first-order valence-corrected chi connectivity index (χ1v) is 20.2. The van der Waals surface area contributed by atoms with Gasteiger partial charge in [-0.15, -0.1) is 0 Å². The fourth-order valence-corrected chi connectivity index (χ4v) is 6.57. The first kappa shape index (κ1) is 42.4. The first-order valence-electron chi connectivity index (χ1n) is 20.2. The first-order chi connectivity index (χ1) is 21.3. The summed E-state index contributed by atoms with van der Waals surface area (Å²) < 4.78 is 0. The van der Waals surface area contributed by atoms with Crippen molar-refractivity contribution in [2.45, 2.75) is 226 Å². The minimum absolute atomic E-state index is 0.817. The van der Waals surface area contributed by atoms with Crippen molar-refractivity contribution in [3.05, 3.63) is 0 Å². The van der Waals surface area contributed by atoms with Crippen LogP contribution in [0.4, 0.5) is 0 Å². The third-order valence-electron chi connectivity index (χ3n) is 9.53. The van der Waals surface area contributed by atoms with Gasteiger partial charge in [-0.05, 0) is 38.9 Å². The fourth-order valence-electron chi connectivity index (χ4n) is 6.57. The molecule has 0 heterocycles. The summed E-state index contributed by atoms with van der Waals surface area (Å²) in [6.07, 6.45) is 47.8. The summed E-state index contributed by atoms with van der Waals surface area (Å²) in [6.45, 7) is 9.05. The summed E-state index contributed by atoms with van der Waals surface area (Å²) in [5.74, 6) is 0. The maximum Gasteiger partial charge on any atom is 0.207 e. The van der Waals surface area contributed by atoms with Crippen molar-refractivity contribution in [1.82, 2.24) is 10.2 Å². The number of hydrogen-bond donors (Lipinski definition) is 1. The fraction of sp³-hybridized carbons (Fsp3) is 0.975. The van der Waals surface area contributed by atoms with Gasteiger partial charge in [0.2, 0.25) is 6.41 Å². The van der Waals surface area contributed by atoms with Crippen molar-refractivity contribution in [1.29, 1.82) is 0 Å². The van der Waals surface area contributed by atoms with Gasteiger partial charge in [0.1, 0.15) is 0 Å². The van der Waals surface area contributed by atoms with Crippen molar-refractivity contribution in [3.8, 4) is 0 Å². The van der Waals surface area contributed by atoms with E-state index in [1.807, 2.05) is 0 Å². The highest BCUT2D eigenvalue weighted by Crippen LogP contribution is 2.16. The quantitative estimate of drug-likeness (QED) is 0.0557. The second-order valence-corrected chi connectivity index (χ2v) is 13.9. The van der Waals surface area contributed by atoms with E-state index in [0.717, 1.165) is 25.9 Å². The second-order valence-electron chi connectivity index (χ2n) is 13.9. The van der Waals surface area contributed by atoms with Crippen LogP contribution in [0, 0.1) is 0 Å². The number of nitrogens with zero attached hydrogens (tertiary/aromatic N) is 1. The number of amides is 1. The van der Waals surface area contributed by atoms with E-state index in [-0.39, 0.29) is 0 Å². The van der Waals surface area contributed by atoms with Gasteiger partial charge in [0.15, 0.2) is 0 Å². The zero-order valence-corrected chi connectivity index (χ0v) is 30.1. The van der Waals surface area contributed by atoms with Gasteiger partial charge in [-0.2, -0.15) is 0 Å². The van der Waals surface area contributed by atoms with Crippen LogP contribution < -0.4 is 5.32 Å². The smallest absolute Gasteiger partial charge is 0.207 e. The lowest BCUT2D eigenvalue weighted by molar-refractivity contribution is -0.109.